The number of hydrogen-bond donors (Lipinski definition) is 1. The summed E-state index contributed by atoms with van der Waals surface area (Å²) in [6.45, 7) is 0.0420. The molecule has 0 bridgehead atoms. The average molecular weight is 477 g/mol. The molecule has 0 spiro atoms. The second-order valence-electron chi connectivity index (χ2n) is 6.32. The molecule has 0 aliphatic carbocycles. The summed E-state index contributed by atoms with van der Waals surface area (Å²) in [6.07, 6.45) is -2.49. The standard InChI is InChI=1S/C18H15F3N2O4S3/c1-29(24,25)14-6-12(11-2-4-13(5-3-11)18(19,20)21)7-15(8-14)30(26,27)17-10-23-16(9-22)28-17/h2-8,10H,9,22H2,1H3. The van der Waals surface area contributed by atoms with E-state index in [1.54, 1.807) is 0 Å². The Balaban J connectivity index is 2.18. The van der Waals surface area contributed by atoms with Crippen molar-refractivity contribution >= 4 is 31.0 Å². The van der Waals surface area contributed by atoms with Crippen LogP contribution >= 0.6 is 11.3 Å². The van der Waals surface area contributed by atoms with Gasteiger partial charge < -0.3 is 5.73 Å². The molecule has 0 aliphatic heterocycles. The highest BCUT2D eigenvalue weighted by atomic mass is 32.2. The maximum absolute atomic E-state index is 13.0. The van der Waals surface area contributed by atoms with Crippen molar-refractivity contribution < 1.29 is 30.0 Å². The first kappa shape index (κ1) is 22.4. The molecule has 6 nitrogen and oxygen atoms in total. The summed E-state index contributed by atoms with van der Waals surface area (Å²) in [7, 11) is -7.92. The van der Waals surface area contributed by atoms with Gasteiger partial charge in [-0.1, -0.05) is 12.1 Å². The van der Waals surface area contributed by atoms with Gasteiger partial charge in [-0.2, -0.15) is 13.2 Å². The zero-order chi connectivity index (χ0) is 22.3. The first-order chi connectivity index (χ1) is 13.8. The highest BCUT2D eigenvalue weighted by molar-refractivity contribution is 7.93. The Morgan fingerprint density at radius 1 is 0.967 bits per heavy atom. The van der Waals surface area contributed by atoms with Crippen molar-refractivity contribution in [3.8, 4) is 11.1 Å². The molecule has 1 heterocycles. The molecule has 0 aliphatic rings. The lowest BCUT2D eigenvalue weighted by Crippen LogP contribution is -2.05. The molecular weight excluding hydrogens is 461 g/mol. The molecule has 2 aromatic carbocycles. The van der Waals surface area contributed by atoms with Gasteiger partial charge >= 0.3 is 6.18 Å². The molecule has 0 saturated carbocycles. The van der Waals surface area contributed by atoms with Gasteiger partial charge in [-0.05, 0) is 41.5 Å². The van der Waals surface area contributed by atoms with Gasteiger partial charge in [0.15, 0.2) is 9.84 Å². The number of thiazole rings is 1. The average Bonchev–Trinajstić information content (AvgIpc) is 3.16. The van der Waals surface area contributed by atoms with Crippen LogP contribution in [0, 0.1) is 0 Å². The van der Waals surface area contributed by atoms with Crippen molar-refractivity contribution in [3.05, 3.63) is 59.2 Å². The van der Waals surface area contributed by atoms with E-state index in [0.717, 1.165) is 54.1 Å². The van der Waals surface area contributed by atoms with Gasteiger partial charge in [0.05, 0.1) is 21.6 Å². The van der Waals surface area contributed by atoms with Crippen LogP contribution in [0.15, 0.2) is 62.7 Å². The number of sulfone groups is 2. The molecule has 3 aromatic rings. The maximum atomic E-state index is 13.0. The highest BCUT2D eigenvalue weighted by Gasteiger charge is 2.30. The van der Waals surface area contributed by atoms with E-state index in [1.807, 2.05) is 0 Å². The van der Waals surface area contributed by atoms with Crippen molar-refractivity contribution in [2.45, 2.75) is 26.7 Å². The van der Waals surface area contributed by atoms with Gasteiger partial charge in [0.2, 0.25) is 9.84 Å². The van der Waals surface area contributed by atoms with Crippen LogP contribution in [0.2, 0.25) is 0 Å². The van der Waals surface area contributed by atoms with Crippen molar-refractivity contribution in [1.29, 1.82) is 0 Å². The molecule has 0 atom stereocenters. The largest absolute Gasteiger partial charge is 0.416 e. The first-order valence-corrected chi connectivity index (χ1v) is 12.4. The van der Waals surface area contributed by atoms with E-state index in [-0.39, 0.29) is 31.7 Å². The lowest BCUT2D eigenvalue weighted by Gasteiger charge is -2.11. The Morgan fingerprint density at radius 2 is 1.57 bits per heavy atom. The Morgan fingerprint density at radius 3 is 2.07 bits per heavy atom. The zero-order valence-electron chi connectivity index (χ0n) is 15.3. The van der Waals surface area contributed by atoms with Crippen molar-refractivity contribution in [3.63, 3.8) is 0 Å². The molecule has 160 valence electrons. The van der Waals surface area contributed by atoms with E-state index in [1.165, 1.54) is 12.1 Å². The third-order valence-corrected chi connectivity index (χ3v) is 8.44. The maximum Gasteiger partial charge on any atom is 0.416 e. The molecule has 1 aromatic heterocycles. The van der Waals surface area contributed by atoms with E-state index in [4.69, 9.17) is 5.73 Å². The SMILES string of the molecule is CS(=O)(=O)c1cc(-c2ccc(C(F)(F)F)cc2)cc(S(=O)(=O)c2cnc(CN)s2)c1. The smallest absolute Gasteiger partial charge is 0.325 e. The van der Waals surface area contributed by atoms with Crippen LogP contribution in [0.3, 0.4) is 0 Å². The fraction of sp³-hybridized carbons (Fsp3) is 0.167. The second kappa shape index (κ2) is 7.76. The molecule has 0 unspecified atom stereocenters. The van der Waals surface area contributed by atoms with Crippen molar-refractivity contribution in [2.75, 3.05) is 6.26 Å². The fourth-order valence-electron chi connectivity index (χ4n) is 2.59. The van der Waals surface area contributed by atoms with Crippen LogP contribution in [0.1, 0.15) is 10.6 Å². The minimum absolute atomic E-state index is 0.0420. The molecule has 30 heavy (non-hydrogen) atoms. The van der Waals surface area contributed by atoms with E-state index >= 15 is 0 Å². The number of alkyl halides is 3. The number of hydrogen-bond acceptors (Lipinski definition) is 7. The molecule has 0 radical (unpaired) electrons. The van der Waals surface area contributed by atoms with E-state index < -0.39 is 31.4 Å². The van der Waals surface area contributed by atoms with Crippen LogP contribution in [0.5, 0.6) is 0 Å². The van der Waals surface area contributed by atoms with Gasteiger partial charge in [0, 0.05) is 12.8 Å². The number of benzene rings is 2. The summed E-state index contributed by atoms with van der Waals surface area (Å²) in [5.74, 6) is 0. The molecule has 0 amide bonds. The topological polar surface area (TPSA) is 107 Å². The molecule has 0 saturated heterocycles. The first-order valence-electron chi connectivity index (χ1n) is 8.25. The summed E-state index contributed by atoms with van der Waals surface area (Å²) in [6, 6.07) is 7.43. The predicted octanol–water partition coefficient (Wildman–Crippen LogP) is 3.52. The predicted molar refractivity (Wildman–Crippen MR) is 105 cm³/mol. The van der Waals surface area contributed by atoms with Gasteiger partial charge in [-0.15, -0.1) is 11.3 Å². The van der Waals surface area contributed by atoms with Crippen molar-refractivity contribution in [2.24, 2.45) is 5.73 Å². The van der Waals surface area contributed by atoms with Gasteiger partial charge in [0.25, 0.3) is 0 Å². The van der Waals surface area contributed by atoms with E-state index in [9.17, 15) is 30.0 Å². The Labute approximate surface area is 175 Å². The lowest BCUT2D eigenvalue weighted by atomic mass is 10.0. The van der Waals surface area contributed by atoms with Crippen LogP contribution < -0.4 is 5.73 Å². The molecule has 3 rings (SSSR count). The number of nitrogens with zero attached hydrogens (tertiary/aromatic N) is 1. The summed E-state index contributed by atoms with van der Waals surface area (Å²) < 4.78 is 88.5. The van der Waals surface area contributed by atoms with Crippen LogP contribution in [-0.2, 0) is 32.4 Å². The molecule has 0 fully saturated rings. The number of rotatable bonds is 5. The van der Waals surface area contributed by atoms with E-state index in [2.05, 4.69) is 4.98 Å². The molecular formula is C18H15F3N2O4S3. The quantitative estimate of drug-likeness (QED) is 0.604. The summed E-state index contributed by atoms with van der Waals surface area (Å²) in [5.41, 5.74) is 4.97. The summed E-state index contributed by atoms with van der Waals surface area (Å²) >= 11 is 0.856. The van der Waals surface area contributed by atoms with Gasteiger partial charge in [-0.25, -0.2) is 21.8 Å². The Hall–Kier alpha value is -2.28. The monoisotopic (exact) mass is 476 g/mol. The van der Waals surface area contributed by atoms with Crippen molar-refractivity contribution in [1.82, 2.24) is 4.98 Å². The highest BCUT2D eigenvalue weighted by Crippen LogP contribution is 2.34. The summed E-state index contributed by atoms with van der Waals surface area (Å²) in [4.78, 5) is 3.31. The van der Waals surface area contributed by atoms with Crippen LogP contribution in [0.4, 0.5) is 13.2 Å². The minimum Gasteiger partial charge on any atom is -0.325 e. The van der Waals surface area contributed by atoms with Crippen LogP contribution in [-0.4, -0.2) is 28.1 Å². The molecule has 2 N–H and O–H groups in total. The van der Waals surface area contributed by atoms with E-state index in [0.29, 0.717) is 5.01 Å². The second-order valence-corrected chi connectivity index (χ2v) is 11.6. The minimum atomic E-state index is -4.53. The number of nitrogens with two attached hydrogens (primary N) is 1. The van der Waals surface area contributed by atoms with Gasteiger partial charge in [0.1, 0.15) is 9.22 Å². The fourth-order valence-corrected chi connectivity index (χ4v) is 5.87. The number of aromatic nitrogens is 1. The Bertz CT molecular complexity index is 1300. The lowest BCUT2D eigenvalue weighted by molar-refractivity contribution is -0.137. The third-order valence-electron chi connectivity index (χ3n) is 4.14. The zero-order valence-corrected chi connectivity index (χ0v) is 17.8. The summed E-state index contributed by atoms with van der Waals surface area (Å²) in [5, 5.41) is 0.385. The molecule has 12 heteroatoms. The third kappa shape index (κ3) is 4.56. The van der Waals surface area contributed by atoms with Crippen LogP contribution in [0.25, 0.3) is 11.1 Å². The normalized spacial score (nSPS) is 12.8. The number of halogens is 3. The van der Waals surface area contributed by atoms with Gasteiger partial charge in [-0.3, -0.25) is 0 Å². The Kier molecular flexibility index (Phi) is 5.80.